The van der Waals surface area contributed by atoms with E-state index in [0.717, 1.165) is 32.5 Å². The van der Waals surface area contributed by atoms with Gasteiger partial charge in [0.25, 0.3) is 0 Å². The van der Waals surface area contributed by atoms with E-state index in [1.54, 1.807) is 0 Å². The van der Waals surface area contributed by atoms with Gasteiger partial charge in [-0.25, -0.2) is 0 Å². The van der Waals surface area contributed by atoms with Gasteiger partial charge in [0.1, 0.15) is 0 Å². The van der Waals surface area contributed by atoms with Crippen LogP contribution in [0.1, 0.15) is 19.8 Å². The number of rotatable bonds is 3. The van der Waals surface area contributed by atoms with Gasteiger partial charge in [-0.1, -0.05) is 13.3 Å². The van der Waals surface area contributed by atoms with Crippen molar-refractivity contribution in [3.8, 4) is 0 Å². The highest BCUT2D eigenvalue weighted by Gasteiger charge is 2.12. The minimum absolute atomic E-state index is 0.470. The second-order valence-electron chi connectivity index (χ2n) is 3.65. The second kappa shape index (κ2) is 7.40. The first-order chi connectivity index (χ1) is 7.74. The Morgan fingerprint density at radius 2 is 2.19 bits per heavy atom. The molecular weight excluding hydrogens is 224 g/mol. The van der Waals surface area contributed by atoms with Gasteiger partial charge in [-0.3, -0.25) is 0 Å². The predicted octanol–water partition coefficient (Wildman–Crippen LogP) is 0.308. The van der Waals surface area contributed by atoms with Crippen molar-refractivity contribution in [3.63, 3.8) is 0 Å². The first kappa shape index (κ1) is 13.2. The third-order valence-corrected chi connectivity index (χ3v) is 2.59. The van der Waals surface area contributed by atoms with Crippen molar-refractivity contribution in [1.29, 1.82) is 0 Å². The molecule has 0 radical (unpaired) electrons. The van der Waals surface area contributed by atoms with Crippen molar-refractivity contribution < 1.29 is 4.74 Å². The van der Waals surface area contributed by atoms with Gasteiger partial charge in [0.15, 0.2) is 11.1 Å². The number of hydrogen-bond acceptors (Lipinski definition) is 2. The molecule has 0 spiro atoms. The lowest BCUT2D eigenvalue weighted by Crippen LogP contribution is -2.45. The van der Waals surface area contributed by atoms with Crippen LogP contribution in [0.15, 0.2) is 4.99 Å². The summed E-state index contributed by atoms with van der Waals surface area (Å²) >= 11 is 5.08. The Bertz CT molecular complexity index is 251. The fraction of sp³-hybridized carbons (Fsp3) is 0.800. The van der Waals surface area contributed by atoms with Gasteiger partial charge >= 0.3 is 0 Å². The number of morpholine rings is 1. The number of ether oxygens (including phenoxy) is 1. The Hall–Kier alpha value is -0.880. The predicted molar refractivity (Wildman–Crippen MR) is 69.5 cm³/mol. The first-order valence-electron chi connectivity index (χ1n) is 5.68. The van der Waals surface area contributed by atoms with Crippen LogP contribution in [-0.2, 0) is 4.74 Å². The van der Waals surface area contributed by atoms with Gasteiger partial charge in [0, 0.05) is 19.6 Å². The number of unbranched alkanes of at least 4 members (excludes halogenated alkanes) is 1. The molecule has 1 aliphatic rings. The second-order valence-corrected chi connectivity index (χ2v) is 4.04. The number of guanidine groups is 1. The standard InChI is InChI=1S/C10H20N4OS/c1-2-3-4-12-10(16)13-9(11)14-5-7-15-8-6-14/h2-8H2,1H3,(H3,11,12,13,16). The minimum atomic E-state index is 0.470. The molecule has 16 heavy (non-hydrogen) atoms. The molecule has 0 saturated carbocycles. The third-order valence-electron chi connectivity index (χ3n) is 2.36. The summed E-state index contributed by atoms with van der Waals surface area (Å²) < 4.78 is 5.23. The molecule has 1 heterocycles. The van der Waals surface area contributed by atoms with Crippen LogP contribution < -0.4 is 11.1 Å². The van der Waals surface area contributed by atoms with E-state index < -0.39 is 0 Å². The van der Waals surface area contributed by atoms with Crippen molar-refractivity contribution in [3.05, 3.63) is 0 Å². The van der Waals surface area contributed by atoms with E-state index in [1.165, 1.54) is 0 Å². The maximum Gasteiger partial charge on any atom is 0.198 e. The van der Waals surface area contributed by atoms with Gasteiger partial charge < -0.3 is 20.7 Å². The quantitative estimate of drug-likeness (QED) is 0.324. The van der Waals surface area contributed by atoms with Crippen LogP contribution in [0.5, 0.6) is 0 Å². The molecule has 6 heteroatoms. The van der Waals surface area contributed by atoms with E-state index in [-0.39, 0.29) is 0 Å². The monoisotopic (exact) mass is 244 g/mol. The van der Waals surface area contributed by atoms with Gasteiger partial charge in [0.2, 0.25) is 0 Å². The molecule has 92 valence electrons. The molecule has 1 aliphatic heterocycles. The minimum Gasteiger partial charge on any atom is -0.378 e. The van der Waals surface area contributed by atoms with Gasteiger partial charge in [0.05, 0.1) is 13.2 Å². The van der Waals surface area contributed by atoms with E-state index >= 15 is 0 Å². The van der Waals surface area contributed by atoms with Crippen LogP contribution >= 0.6 is 12.2 Å². The molecule has 0 aliphatic carbocycles. The van der Waals surface area contributed by atoms with E-state index in [4.69, 9.17) is 22.7 Å². The molecule has 0 atom stereocenters. The highest BCUT2D eigenvalue weighted by atomic mass is 32.1. The summed E-state index contributed by atoms with van der Waals surface area (Å²) in [5, 5.41) is 3.53. The normalized spacial score (nSPS) is 17.3. The van der Waals surface area contributed by atoms with Crippen LogP contribution in [0.4, 0.5) is 0 Å². The lowest BCUT2D eigenvalue weighted by atomic mass is 10.3. The lowest BCUT2D eigenvalue weighted by molar-refractivity contribution is 0.0676. The molecule has 5 nitrogen and oxygen atoms in total. The Morgan fingerprint density at radius 3 is 2.81 bits per heavy atom. The van der Waals surface area contributed by atoms with E-state index in [0.29, 0.717) is 24.3 Å². The molecule has 1 rings (SSSR count). The Balaban J connectivity index is 2.32. The molecule has 0 aromatic carbocycles. The zero-order valence-corrected chi connectivity index (χ0v) is 10.6. The summed E-state index contributed by atoms with van der Waals surface area (Å²) in [5.41, 5.74) is 5.85. The molecule has 0 unspecified atom stereocenters. The lowest BCUT2D eigenvalue weighted by Gasteiger charge is -2.27. The Labute approximate surface area is 102 Å². The third kappa shape index (κ3) is 4.76. The fourth-order valence-electron chi connectivity index (χ4n) is 1.38. The average Bonchev–Trinajstić information content (AvgIpc) is 2.30. The number of nitrogens with one attached hydrogen (secondary N) is 1. The number of thiocarbonyl (C=S) groups is 1. The molecule has 0 aromatic rings. The highest BCUT2D eigenvalue weighted by Crippen LogP contribution is 1.96. The summed E-state index contributed by atoms with van der Waals surface area (Å²) in [6.45, 7) is 5.96. The van der Waals surface area contributed by atoms with Crippen LogP contribution in [0.25, 0.3) is 0 Å². The SMILES string of the molecule is CCCCNC(=S)N=C(N)N1CCOCC1. The molecule has 3 N–H and O–H groups in total. The smallest absolute Gasteiger partial charge is 0.198 e. The van der Waals surface area contributed by atoms with E-state index in [2.05, 4.69) is 17.2 Å². The molecule has 0 bridgehead atoms. The highest BCUT2D eigenvalue weighted by molar-refractivity contribution is 7.80. The number of nitrogens with two attached hydrogens (primary N) is 1. The largest absolute Gasteiger partial charge is 0.378 e. The molecule has 1 fully saturated rings. The Morgan fingerprint density at radius 1 is 1.50 bits per heavy atom. The zero-order chi connectivity index (χ0) is 11.8. The molecular formula is C10H20N4OS. The topological polar surface area (TPSA) is 62.9 Å². The van der Waals surface area contributed by atoms with Crippen molar-refractivity contribution in [2.75, 3.05) is 32.8 Å². The van der Waals surface area contributed by atoms with Crippen LogP contribution in [0.3, 0.4) is 0 Å². The fourth-order valence-corrected chi connectivity index (χ4v) is 1.57. The number of aliphatic imine (C=N–C) groups is 1. The van der Waals surface area contributed by atoms with Crippen molar-refractivity contribution >= 4 is 23.3 Å². The summed E-state index contributed by atoms with van der Waals surface area (Å²) in [7, 11) is 0. The molecule has 0 aromatic heterocycles. The van der Waals surface area contributed by atoms with Crippen LogP contribution in [0, 0.1) is 0 Å². The maximum absolute atomic E-state index is 5.85. The summed E-state index contributed by atoms with van der Waals surface area (Å²) in [5.74, 6) is 0.484. The number of hydrogen-bond donors (Lipinski definition) is 2. The summed E-state index contributed by atoms with van der Waals surface area (Å²) in [4.78, 5) is 6.14. The maximum atomic E-state index is 5.85. The molecule has 0 amide bonds. The summed E-state index contributed by atoms with van der Waals surface area (Å²) in [6.07, 6.45) is 2.23. The van der Waals surface area contributed by atoms with Gasteiger partial charge in [-0.2, -0.15) is 4.99 Å². The van der Waals surface area contributed by atoms with Crippen LogP contribution in [-0.4, -0.2) is 48.8 Å². The van der Waals surface area contributed by atoms with Crippen molar-refractivity contribution in [2.24, 2.45) is 10.7 Å². The van der Waals surface area contributed by atoms with E-state index in [1.807, 2.05) is 4.90 Å². The summed E-state index contributed by atoms with van der Waals surface area (Å²) in [6, 6.07) is 0. The average molecular weight is 244 g/mol. The van der Waals surface area contributed by atoms with Crippen LogP contribution in [0.2, 0.25) is 0 Å². The van der Waals surface area contributed by atoms with E-state index in [9.17, 15) is 0 Å². The van der Waals surface area contributed by atoms with Crippen molar-refractivity contribution in [2.45, 2.75) is 19.8 Å². The molecule has 1 saturated heterocycles. The van der Waals surface area contributed by atoms with Crippen molar-refractivity contribution in [1.82, 2.24) is 10.2 Å². The van der Waals surface area contributed by atoms with Gasteiger partial charge in [-0.15, -0.1) is 0 Å². The first-order valence-corrected chi connectivity index (χ1v) is 6.09. The zero-order valence-electron chi connectivity index (χ0n) is 9.74. The van der Waals surface area contributed by atoms with Gasteiger partial charge in [-0.05, 0) is 18.6 Å². The number of nitrogens with zero attached hydrogens (tertiary/aromatic N) is 2. The Kier molecular flexibility index (Phi) is 6.10.